The molecule has 1 atom stereocenters. The molecular weight excluding hydrogens is 244 g/mol. The molecule has 2 N–H and O–H groups in total. The SMILES string of the molecule is CCC(CC(=O)O)NS(=O)(=O)c1cccnc1. The Morgan fingerprint density at radius 1 is 1.59 bits per heavy atom. The minimum absolute atomic E-state index is 0.0313. The fourth-order valence-corrected chi connectivity index (χ4v) is 2.56. The van der Waals surface area contributed by atoms with E-state index in [0.717, 1.165) is 0 Å². The van der Waals surface area contributed by atoms with Gasteiger partial charge in [-0.3, -0.25) is 9.78 Å². The topological polar surface area (TPSA) is 96.4 Å². The second-order valence-electron chi connectivity index (χ2n) is 3.51. The standard InChI is InChI=1S/C10H14N2O4S/c1-2-8(6-10(13)14)12-17(15,16)9-4-3-5-11-7-9/h3-5,7-8,12H,2,6H2,1H3,(H,13,14). The molecule has 0 aliphatic rings. The summed E-state index contributed by atoms with van der Waals surface area (Å²) in [5, 5.41) is 8.64. The first-order valence-corrected chi connectivity index (χ1v) is 6.58. The van der Waals surface area contributed by atoms with Gasteiger partial charge in [0.2, 0.25) is 10.0 Å². The number of aliphatic carboxylic acids is 1. The van der Waals surface area contributed by atoms with Gasteiger partial charge in [-0.25, -0.2) is 13.1 Å². The molecule has 0 aliphatic carbocycles. The highest BCUT2D eigenvalue weighted by molar-refractivity contribution is 7.89. The molecule has 1 rings (SSSR count). The average Bonchev–Trinajstić information content (AvgIpc) is 2.28. The van der Waals surface area contributed by atoms with E-state index in [-0.39, 0.29) is 11.3 Å². The summed E-state index contributed by atoms with van der Waals surface area (Å²) in [7, 11) is -3.69. The summed E-state index contributed by atoms with van der Waals surface area (Å²) in [6.45, 7) is 1.72. The third-order valence-electron chi connectivity index (χ3n) is 2.18. The zero-order chi connectivity index (χ0) is 12.9. The number of carboxylic acid groups (broad SMARTS) is 1. The molecule has 0 aromatic carbocycles. The summed E-state index contributed by atoms with van der Waals surface area (Å²) in [4.78, 5) is 14.3. The van der Waals surface area contributed by atoms with Gasteiger partial charge in [-0.15, -0.1) is 0 Å². The summed E-state index contributed by atoms with van der Waals surface area (Å²) in [5.41, 5.74) is 0. The number of carbonyl (C=O) groups is 1. The van der Waals surface area contributed by atoms with Crippen LogP contribution in [0.15, 0.2) is 29.4 Å². The first-order chi connectivity index (χ1) is 7.95. The van der Waals surface area contributed by atoms with Gasteiger partial charge in [-0.1, -0.05) is 6.92 Å². The van der Waals surface area contributed by atoms with Gasteiger partial charge in [0.1, 0.15) is 4.90 Å². The number of sulfonamides is 1. The predicted molar refractivity (Wildman–Crippen MR) is 60.9 cm³/mol. The monoisotopic (exact) mass is 258 g/mol. The van der Waals surface area contributed by atoms with Gasteiger partial charge in [0.25, 0.3) is 0 Å². The van der Waals surface area contributed by atoms with E-state index in [9.17, 15) is 13.2 Å². The molecule has 7 heteroatoms. The van der Waals surface area contributed by atoms with Crippen LogP contribution in [0.2, 0.25) is 0 Å². The summed E-state index contributed by atoms with van der Waals surface area (Å²) < 4.78 is 26.0. The van der Waals surface area contributed by atoms with Gasteiger partial charge in [-0.05, 0) is 18.6 Å². The molecule has 0 bridgehead atoms. The van der Waals surface area contributed by atoms with Crippen molar-refractivity contribution in [3.63, 3.8) is 0 Å². The van der Waals surface area contributed by atoms with E-state index in [2.05, 4.69) is 9.71 Å². The maximum absolute atomic E-state index is 11.8. The number of pyridine rings is 1. The number of carboxylic acids is 1. The Balaban J connectivity index is 2.82. The molecule has 1 aromatic heterocycles. The van der Waals surface area contributed by atoms with Crippen molar-refractivity contribution in [1.82, 2.24) is 9.71 Å². The van der Waals surface area contributed by atoms with Crippen molar-refractivity contribution < 1.29 is 18.3 Å². The van der Waals surface area contributed by atoms with Crippen molar-refractivity contribution in [1.29, 1.82) is 0 Å². The van der Waals surface area contributed by atoms with Gasteiger partial charge in [0.15, 0.2) is 0 Å². The number of nitrogens with one attached hydrogen (secondary N) is 1. The smallest absolute Gasteiger partial charge is 0.304 e. The number of nitrogens with zero attached hydrogens (tertiary/aromatic N) is 1. The fourth-order valence-electron chi connectivity index (χ4n) is 1.27. The second-order valence-corrected chi connectivity index (χ2v) is 5.23. The van der Waals surface area contributed by atoms with Gasteiger partial charge in [0.05, 0.1) is 6.42 Å². The molecule has 1 aromatic rings. The normalized spacial score (nSPS) is 13.2. The van der Waals surface area contributed by atoms with Gasteiger partial charge in [0, 0.05) is 18.4 Å². The average molecular weight is 258 g/mol. The Morgan fingerprint density at radius 2 is 2.29 bits per heavy atom. The van der Waals surface area contributed by atoms with Crippen molar-refractivity contribution in [2.45, 2.75) is 30.7 Å². The maximum Gasteiger partial charge on any atom is 0.304 e. The quantitative estimate of drug-likeness (QED) is 0.779. The van der Waals surface area contributed by atoms with Crippen LogP contribution in [-0.2, 0) is 14.8 Å². The van der Waals surface area contributed by atoms with Crippen LogP contribution < -0.4 is 4.72 Å². The third-order valence-corrected chi connectivity index (χ3v) is 3.69. The molecule has 94 valence electrons. The van der Waals surface area contributed by atoms with E-state index in [1.165, 1.54) is 24.5 Å². The summed E-state index contributed by atoms with van der Waals surface area (Å²) >= 11 is 0. The molecule has 6 nitrogen and oxygen atoms in total. The van der Waals surface area contributed by atoms with Crippen LogP contribution in [0, 0.1) is 0 Å². The highest BCUT2D eigenvalue weighted by Gasteiger charge is 2.20. The molecule has 17 heavy (non-hydrogen) atoms. The highest BCUT2D eigenvalue weighted by Crippen LogP contribution is 2.09. The summed E-state index contributed by atoms with van der Waals surface area (Å²) in [6.07, 6.45) is 2.85. The fraction of sp³-hybridized carbons (Fsp3) is 0.400. The lowest BCUT2D eigenvalue weighted by Gasteiger charge is -2.14. The Labute approximate surface area is 99.7 Å². The Hall–Kier alpha value is -1.47. The first-order valence-electron chi connectivity index (χ1n) is 5.10. The molecule has 0 saturated heterocycles. The van der Waals surface area contributed by atoms with E-state index < -0.39 is 22.0 Å². The number of hydrogen-bond donors (Lipinski definition) is 2. The lowest BCUT2D eigenvalue weighted by Crippen LogP contribution is -2.36. The van der Waals surface area contributed by atoms with E-state index in [0.29, 0.717) is 6.42 Å². The van der Waals surface area contributed by atoms with Crippen molar-refractivity contribution in [2.75, 3.05) is 0 Å². The Kier molecular flexibility index (Phi) is 4.59. The third kappa shape index (κ3) is 4.12. The minimum atomic E-state index is -3.69. The van der Waals surface area contributed by atoms with Crippen LogP contribution in [0.25, 0.3) is 0 Å². The van der Waals surface area contributed by atoms with Crippen molar-refractivity contribution in [3.05, 3.63) is 24.5 Å². The van der Waals surface area contributed by atoms with Gasteiger partial charge < -0.3 is 5.11 Å². The molecule has 0 spiro atoms. The number of rotatable bonds is 6. The van der Waals surface area contributed by atoms with Gasteiger partial charge >= 0.3 is 5.97 Å². The van der Waals surface area contributed by atoms with Crippen LogP contribution in [0.4, 0.5) is 0 Å². The Bertz CT molecular complexity index is 472. The molecule has 0 saturated carbocycles. The summed E-state index contributed by atoms with van der Waals surface area (Å²) in [6, 6.07) is 2.30. The van der Waals surface area contributed by atoms with Crippen molar-refractivity contribution in [2.24, 2.45) is 0 Å². The maximum atomic E-state index is 11.8. The molecule has 1 unspecified atom stereocenters. The van der Waals surface area contributed by atoms with Crippen molar-refractivity contribution >= 4 is 16.0 Å². The van der Waals surface area contributed by atoms with Crippen LogP contribution in [0.3, 0.4) is 0 Å². The van der Waals surface area contributed by atoms with Crippen molar-refractivity contribution in [3.8, 4) is 0 Å². The van der Waals surface area contributed by atoms with E-state index in [1.54, 1.807) is 6.92 Å². The van der Waals surface area contributed by atoms with E-state index >= 15 is 0 Å². The molecule has 1 heterocycles. The van der Waals surface area contributed by atoms with Crippen LogP contribution in [0.1, 0.15) is 19.8 Å². The minimum Gasteiger partial charge on any atom is -0.481 e. The molecular formula is C10H14N2O4S. The molecule has 0 fully saturated rings. The number of hydrogen-bond acceptors (Lipinski definition) is 4. The number of aromatic nitrogens is 1. The largest absolute Gasteiger partial charge is 0.481 e. The van der Waals surface area contributed by atoms with Crippen LogP contribution >= 0.6 is 0 Å². The lowest BCUT2D eigenvalue weighted by atomic mass is 10.2. The molecule has 0 radical (unpaired) electrons. The zero-order valence-electron chi connectivity index (χ0n) is 9.33. The molecule has 0 amide bonds. The lowest BCUT2D eigenvalue weighted by molar-refractivity contribution is -0.137. The summed E-state index contributed by atoms with van der Waals surface area (Å²) in [5.74, 6) is -1.04. The highest BCUT2D eigenvalue weighted by atomic mass is 32.2. The van der Waals surface area contributed by atoms with Crippen LogP contribution in [-0.4, -0.2) is 30.5 Å². The molecule has 0 aliphatic heterocycles. The Morgan fingerprint density at radius 3 is 2.76 bits per heavy atom. The first kappa shape index (κ1) is 13.6. The van der Waals surface area contributed by atoms with Gasteiger partial charge in [-0.2, -0.15) is 0 Å². The predicted octanol–water partition coefficient (Wildman–Crippen LogP) is 0.613. The van der Waals surface area contributed by atoms with Crippen LogP contribution in [0.5, 0.6) is 0 Å². The van der Waals surface area contributed by atoms with E-state index in [1.807, 2.05) is 0 Å². The van der Waals surface area contributed by atoms with E-state index in [4.69, 9.17) is 5.11 Å². The second kappa shape index (κ2) is 5.74. The zero-order valence-corrected chi connectivity index (χ0v) is 10.1.